The standard InChI is InChI=1S/C16H19Br2N5O4.C14H17Br2N5O2/c1-16(2,3)27-15(24)22-6-4-21(5-7-22)14-19-10-8-9(17)11(18)13(23(25)26)12(10)20-14;1-8(2)20-10-7-9(15)11(16)13(21(22)23)12(10)18-14(20)19-5-3-17-4-6-19/h8H,4-7H2,1-3H3,(H,19,20);7-8,17H,3-6H2,1-2H3. The number of carbonyl (C=O) groups excluding carboxylic acids is 1. The maximum absolute atomic E-state index is 12.2. The van der Waals surface area contributed by atoms with Gasteiger partial charge in [-0.3, -0.25) is 20.2 Å². The number of halogens is 4. The molecule has 20 heteroatoms. The first-order valence-corrected chi connectivity index (χ1v) is 18.9. The molecule has 4 heterocycles. The number of carbonyl (C=O) groups is 1. The van der Waals surface area contributed by atoms with Gasteiger partial charge in [-0.2, -0.15) is 0 Å². The zero-order valence-corrected chi connectivity index (χ0v) is 34.3. The van der Waals surface area contributed by atoms with Crippen LogP contribution in [0.3, 0.4) is 0 Å². The van der Waals surface area contributed by atoms with Gasteiger partial charge in [-0.1, -0.05) is 0 Å². The fraction of sp³-hybridized carbons (Fsp3) is 0.500. The van der Waals surface area contributed by atoms with E-state index in [-0.39, 0.29) is 28.4 Å². The number of H-pyrrole nitrogens is 1. The summed E-state index contributed by atoms with van der Waals surface area (Å²) in [7, 11) is 0. The van der Waals surface area contributed by atoms with E-state index in [2.05, 4.69) is 107 Å². The number of nitrogens with zero attached hydrogens (tertiary/aromatic N) is 8. The number of hydrogen-bond donors (Lipinski definition) is 2. The Morgan fingerprint density at radius 2 is 1.42 bits per heavy atom. The van der Waals surface area contributed by atoms with Crippen LogP contribution in [0.1, 0.15) is 40.7 Å². The quantitative estimate of drug-likeness (QED) is 0.149. The molecule has 0 spiro atoms. The van der Waals surface area contributed by atoms with E-state index in [0.29, 0.717) is 66.6 Å². The molecule has 2 saturated heterocycles. The van der Waals surface area contributed by atoms with Gasteiger partial charge in [0.2, 0.25) is 11.9 Å². The zero-order chi connectivity index (χ0) is 36.7. The molecule has 0 saturated carbocycles. The summed E-state index contributed by atoms with van der Waals surface area (Å²) < 4.78 is 9.48. The number of nitrogens with one attached hydrogen (secondary N) is 2. The van der Waals surface area contributed by atoms with Gasteiger partial charge >= 0.3 is 17.5 Å². The number of benzene rings is 2. The van der Waals surface area contributed by atoms with Crippen LogP contribution < -0.4 is 15.1 Å². The van der Waals surface area contributed by atoms with Gasteiger partial charge in [0.25, 0.3) is 0 Å². The number of aromatic amines is 1. The fourth-order valence-electron chi connectivity index (χ4n) is 5.72. The van der Waals surface area contributed by atoms with E-state index in [1.807, 2.05) is 31.7 Å². The summed E-state index contributed by atoms with van der Waals surface area (Å²) in [6.45, 7) is 15.2. The van der Waals surface area contributed by atoms with Crippen molar-refractivity contribution in [1.29, 1.82) is 0 Å². The van der Waals surface area contributed by atoms with Gasteiger partial charge in [0.1, 0.15) is 14.5 Å². The number of aromatic nitrogens is 4. The van der Waals surface area contributed by atoms with Crippen LogP contribution >= 0.6 is 63.7 Å². The van der Waals surface area contributed by atoms with Gasteiger partial charge in [0, 0.05) is 67.3 Å². The van der Waals surface area contributed by atoms with E-state index in [1.54, 1.807) is 11.0 Å². The molecule has 4 aromatic rings. The average molecular weight is 952 g/mol. The maximum atomic E-state index is 12.2. The molecule has 0 atom stereocenters. The Morgan fingerprint density at radius 3 is 1.96 bits per heavy atom. The minimum atomic E-state index is -0.535. The van der Waals surface area contributed by atoms with Gasteiger partial charge in [0.15, 0.2) is 11.0 Å². The highest BCUT2D eigenvalue weighted by Gasteiger charge is 2.30. The van der Waals surface area contributed by atoms with Crippen molar-refractivity contribution in [3.63, 3.8) is 0 Å². The molecule has 2 aliphatic heterocycles. The molecular weight excluding hydrogens is 916 g/mol. The first kappa shape index (κ1) is 38.2. The van der Waals surface area contributed by atoms with Crippen LogP contribution in [-0.4, -0.2) is 98.3 Å². The van der Waals surface area contributed by atoms with Crippen molar-refractivity contribution in [2.75, 3.05) is 62.2 Å². The smallest absolute Gasteiger partial charge is 0.410 e. The van der Waals surface area contributed by atoms with Crippen LogP contribution in [0.5, 0.6) is 0 Å². The largest absolute Gasteiger partial charge is 0.444 e. The predicted octanol–water partition coefficient (Wildman–Crippen LogP) is 7.51. The summed E-state index contributed by atoms with van der Waals surface area (Å²) in [5.41, 5.74) is 1.44. The van der Waals surface area contributed by atoms with E-state index in [1.165, 1.54) is 0 Å². The van der Waals surface area contributed by atoms with E-state index in [0.717, 1.165) is 37.6 Å². The second-order valence-corrected chi connectivity index (χ2v) is 16.2. The van der Waals surface area contributed by atoms with Crippen LogP contribution in [0, 0.1) is 20.2 Å². The van der Waals surface area contributed by atoms with Crippen LogP contribution in [0.15, 0.2) is 30.0 Å². The number of ether oxygens (including phenoxy) is 1. The van der Waals surface area contributed by atoms with Gasteiger partial charge < -0.3 is 34.3 Å². The summed E-state index contributed by atoms with van der Waals surface area (Å²) >= 11 is 13.3. The normalized spacial score (nSPS) is 15.4. The summed E-state index contributed by atoms with van der Waals surface area (Å²) in [5.74, 6) is 1.34. The number of amides is 1. The predicted molar refractivity (Wildman–Crippen MR) is 205 cm³/mol. The Bertz CT molecular complexity index is 1950. The Morgan fingerprint density at radius 1 is 0.860 bits per heavy atom. The fourth-order valence-corrected chi connectivity index (χ4v) is 7.43. The van der Waals surface area contributed by atoms with E-state index in [4.69, 9.17) is 4.74 Å². The van der Waals surface area contributed by atoms with Crippen LogP contribution in [-0.2, 0) is 4.74 Å². The number of nitro groups is 2. The molecule has 1 amide bonds. The Labute approximate surface area is 321 Å². The molecule has 2 aromatic carbocycles. The van der Waals surface area contributed by atoms with Gasteiger partial charge in [-0.15, -0.1) is 0 Å². The van der Waals surface area contributed by atoms with Crippen molar-refractivity contribution in [3.8, 4) is 0 Å². The molecule has 0 radical (unpaired) electrons. The first-order chi connectivity index (χ1) is 23.5. The van der Waals surface area contributed by atoms with Crippen molar-refractivity contribution < 1.29 is 19.4 Å². The molecule has 50 heavy (non-hydrogen) atoms. The number of piperazine rings is 2. The Kier molecular flexibility index (Phi) is 11.7. The maximum Gasteiger partial charge on any atom is 0.410 e. The highest BCUT2D eigenvalue weighted by molar-refractivity contribution is 9.13. The lowest BCUT2D eigenvalue weighted by Gasteiger charge is -2.35. The minimum absolute atomic E-state index is 0.00478. The first-order valence-electron chi connectivity index (χ1n) is 15.7. The third kappa shape index (κ3) is 8.03. The van der Waals surface area contributed by atoms with E-state index in [9.17, 15) is 25.0 Å². The molecule has 0 bridgehead atoms. The Hall–Kier alpha value is -3.07. The monoisotopic (exact) mass is 948 g/mol. The van der Waals surface area contributed by atoms with Crippen molar-refractivity contribution >= 4 is 115 Å². The van der Waals surface area contributed by atoms with Crippen molar-refractivity contribution in [2.24, 2.45) is 0 Å². The highest BCUT2D eigenvalue weighted by Crippen LogP contribution is 2.42. The summed E-state index contributed by atoms with van der Waals surface area (Å²) in [5, 5.41) is 26.3. The molecule has 2 aliphatic rings. The van der Waals surface area contributed by atoms with Crippen molar-refractivity contribution in [2.45, 2.75) is 46.3 Å². The van der Waals surface area contributed by atoms with Gasteiger partial charge in [-0.25, -0.2) is 14.8 Å². The summed E-state index contributed by atoms with van der Waals surface area (Å²) in [4.78, 5) is 52.3. The van der Waals surface area contributed by atoms with Crippen LogP contribution in [0.25, 0.3) is 22.1 Å². The molecule has 2 aromatic heterocycles. The number of hydrogen-bond acceptors (Lipinski definition) is 11. The van der Waals surface area contributed by atoms with Gasteiger partial charge in [0.05, 0.1) is 20.9 Å². The lowest BCUT2D eigenvalue weighted by atomic mass is 10.2. The molecule has 0 unspecified atom stereocenters. The minimum Gasteiger partial charge on any atom is -0.444 e. The molecule has 16 nitrogen and oxygen atoms in total. The summed E-state index contributed by atoms with van der Waals surface area (Å²) in [6.07, 6.45) is -0.338. The number of anilines is 2. The van der Waals surface area contributed by atoms with Crippen LogP contribution in [0.2, 0.25) is 0 Å². The molecule has 0 aliphatic carbocycles. The lowest BCUT2D eigenvalue weighted by molar-refractivity contribution is -0.384. The molecule has 270 valence electrons. The molecule has 2 N–H and O–H groups in total. The number of rotatable bonds is 5. The third-order valence-electron chi connectivity index (χ3n) is 7.98. The second kappa shape index (κ2) is 15.3. The number of imidazole rings is 2. The molecule has 6 rings (SSSR count). The molecular formula is C30H36Br4N10O6. The lowest BCUT2D eigenvalue weighted by Crippen LogP contribution is -2.50. The van der Waals surface area contributed by atoms with Crippen molar-refractivity contribution in [3.05, 3.63) is 50.3 Å². The third-order valence-corrected chi connectivity index (χ3v) is 11.9. The SMILES string of the molecule is CC(C)(C)OC(=O)N1CCN(c2nc3c([N+](=O)[O-])c(Br)c(Br)cc3[nH]2)CC1.CC(C)n1c(N2CCNCC2)nc2c([N+](=O)[O-])c(Br)c(Br)cc21. The van der Waals surface area contributed by atoms with E-state index < -0.39 is 10.5 Å². The zero-order valence-electron chi connectivity index (χ0n) is 27.9. The average Bonchev–Trinajstić information content (AvgIpc) is 3.63. The number of nitro benzene ring substituents is 2. The topological polar surface area (TPSA) is 181 Å². The van der Waals surface area contributed by atoms with Crippen LogP contribution in [0.4, 0.5) is 28.1 Å². The number of fused-ring (bicyclic) bond motifs is 2. The highest BCUT2D eigenvalue weighted by atomic mass is 79.9. The Balaban J connectivity index is 0.000000197. The van der Waals surface area contributed by atoms with E-state index >= 15 is 0 Å². The molecule has 2 fully saturated rings. The van der Waals surface area contributed by atoms with Gasteiger partial charge in [-0.05, 0) is 110 Å². The van der Waals surface area contributed by atoms with Crippen molar-refractivity contribution in [1.82, 2.24) is 29.7 Å². The summed E-state index contributed by atoms with van der Waals surface area (Å²) in [6, 6.07) is 3.79. The second-order valence-electron chi connectivity index (χ2n) is 12.9.